The van der Waals surface area contributed by atoms with E-state index in [9.17, 15) is 4.79 Å². The Morgan fingerprint density at radius 2 is 2.10 bits per heavy atom. The van der Waals surface area contributed by atoms with Crippen LogP contribution in [0, 0.1) is 5.41 Å². The molecule has 21 heavy (non-hydrogen) atoms. The summed E-state index contributed by atoms with van der Waals surface area (Å²) in [5, 5.41) is 0. The number of fused-ring (bicyclic) bond motifs is 1. The maximum Gasteiger partial charge on any atom is 0.253 e. The Morgan fingerprint density at radius 3 is 2.76 bits per heavy atom. The largest absolute Gasteiger partial charge is 0.383 e. The highest BCUT2D eigenvalue weighted by Gasteiger charge is 2.25. The summed E-state index contributed by atoms with van der Waals surface area (Å²) in [5.74, 6) is -0.0669. The van der Waals surface area contributed by atoms with Crippen molar-refractivity contribution in [1.29, 1.82) is 0 Å². The Morgan fingerprint density at radius 1 is 1.38 bits per heavy atom. The zero-order chi connectivity index (χ0) is 15.5. The summed E-state index contributed by atoms with van der Waals surface area (Å²) >= 11 is 1.55. The molecule has 4 nitrogen and oxygen atoms in total. The maximum atomic E-state index is 12.4. The number of rotatable bonds is 5. The lowest BCUT2D eigenvalue weighted by molar-refractivity contribution is -0.126. The van der Waals surface area contributed by atoms with Crippen molar-refractivity contribution in [1.82, 2.24) is 4.57 Å². The molecular formula is C16H22N2O2S. The lowest BCUT2D eigenvalue weighted by atomic mass is 9.90. The first kappa shape index (κ1) is 15.9. The number of methoxy groups -OCH3 is 1. The van der Waals surface area contributed by atoms with Crippen LogP contribution in [0.4, 0.5) is 0 Å². The number of carbonyl (C=O) groups excluding carboxylic acids is 1. The van der Waals surface area contributed by atoms with Gasteiger partial charge in [0.25, 0.3) is 5.91 Å². The molecule has 5 heteroatoms. The first-order valence-corrected chi connectivity index (χ1v) is 7.97. The first-order valence-electron chi connectivity index (χ1n) is 7.16. The summed E-state index contributed by atoms with van der Waals surface area (Å²) in [5.41, 5.74) is 0.676. The van der Waals surface area contributed by atoms with Gasteiger partial charge in [0.05, 0.1) is 16.8 Å². The molecule has 0 bridgehead atoms. The predicted octanol–water partition coefficient (Wildman–Crippen LogP) is 3.21. The predicted molar refractivity (Wildman–Crippen MR) is 86.3 cm³/mol. The molecule has 0 unspecified atom stereocenters. The summed E-state index contributed by atoms with van der Waals surface area (Å²) in [4.78, 5) is 17.5. The zero-order valence-corrected chi connectivity index (χ0v) is 13.9. The number of nitrogens with zero attached hydrogens (tertiary/aromatic N) is 2. The van der Waals surface area contributed by atoms with E-state index < -0.39 is 5.41 Å². The standard InChI is InChI=1S/C16H22N2O2S/c1-5-16(2,3)14(19)17-15-18(10-11-20-4)12-8-6-7-9-13(12)21-15/h6-9H,5,10-11H2,1-4H3. The van der Waals surface area contributed by atoms with Crippen LogP contribution in [0.1, 0.15) is 27.2 Å². The molecule has 0 atom stereocenters. The number of para-hydroxylation sites is 1. The lowest BCUT2D eigenvalue weighted by Gasteiger charge is -2.16. The topological polar surface area (TPSA) is 43.6 Å². The fourth-order valence-electron chi connectivity index (χ4n) is 1.89. The minimum absolute atomic E-state index is 0.0669. The highest BCUT2D eigenvalue weighted by atomic mass is 32.1. The van der Waals surface area contributed by atoms with Gasteiger partial charge in [-0.25, -0.2) is 0 Å². The smallest absolute Gasteiger partial charge is 0.253 e. The van der Waals surface area contributed by atoms with Gasteiger partial charge in [-0.2, -0.15) is 4.99 Å². The fourth-order valence-corrected chi connectivity index (χ4v) is 2.95. The molecule has 1 amide bonds. The molecule has 1 heterocycles. The van der Waals surface area contributed by atoms with Gasteiger partial charge in [-0.3, -0.25) is 4.79 Å². The molecule has 114 valence electrons. The Bertz CT molecular complexity index is 698. The van der Waals surface area contributed by atoms with Crippen LogP contribution in [-0.4, -0.2) is 24.2 Å². The van der Waals surface area contributed by atoms with Gasteiger partial charge in [0.1, 0.15) is 0 Å². The number of ether oxygens (including phenoxy) is 1. The average Bonchev–Trinajstić information content (AvgIpc) is 2.82. The SMILES string of the molecule is CCC(C)(C)C(=O)N=c1sc2ccccc2n1CCOC. The Labute approximate surface area is 129 Å². The van der Waals surface area contributed by atoms with E-state index in [4.69, 9.17) is 4.74 Å². The second-order valence-corrected chi connectivity index (χ2v) is 6.66. The molecule has 0 aliphatic heterocycles. The van der Waals surface area contributed by atoms with Crippen molar-refractivity contribution in [3.05, 3.63) is 29.1 Å². The van der Waals surface area contributed by atoms with E-state index in [0.717, 1.165) is 21.4 Å². The minimum atomic E-state index is -0.421. The molecule has 0 aliphatic rings. The molecule has 0 fully saturated rings. The highest BCUT2D eigenvalue weighted by molar-refractivity contribution is 7.16. The summed E-state index contributed by atoms with van der Waals surface area (Å²) in [6.07, 6.45) is 0.776. The van der Waals surface area contributed by atoms with E-state index >= 15 is 0 Å². The molecular weight excluding hydrogens is 284 g/mol. The normalized spacial score (nSPS) is 13.0. The van der Waals surface area contributed by atoms with E-state index in [1.54, 1.807) is 18.4 Å². The van der Waals surface area contributed by atoms with E-state index in [1.807, 2.05) is 32.9 Å². The summed E-state index contributed by atoms with van der Waals surface area (Å²) in [7, 11) is 1.68. The molecule has 0 saturated carbocycles. The fraction of sp³-hybridized carbons (Fsp3) is 0.500. The Hall–Kier alpha value is -1.46. The van der Waals surface area contributed by atoms with Crippen LogP contribution in [0.15, 0.2) is 29.3 Å². The quantitative estimate of drug-likeness (QED) is 0.851. The molecule has 1 aromatic carbocycles. The Balaban J connectivity index is 2.54. The van der Waals surface area contributed by atoms with Crippen LogP contribution in [0.5, 0.6) is 0 Å². The minimum Gasteiger partial charge on any atom is -0.383 e. The van der Waals surface area contributed by atoms with Crippen LogP contribution in [0.2, 0.25) is 0 Å². The maximum absolute atomic E-state index is 12.4. The van der Waals surface area contributed by atoms with Crippen molar-refractivity contribution in [3.8, 4) is 0 Å². The van der Waals surface area contributed by atoms with Crippen molar-refractivity contribution in [2.45, 2.75) is 33.7 Å². The Kier molecular flexibility index (Phi) is 4.96. The number of aromatic nitrogens is 1. The van der Waals surface area contributed by atoms with E-state index in [-0.39, 0.29) is 5.91 Å². The van der Waals surface area contributed by atoms with Crippen LogP contribution in [-0.2, 0) is 16.1 Å². The number of thiazole rings is 1. The zero-order valence-electron chi connectivity index (χ0n) is 13.0. The summed E-state index contributed by atoms with van der Waals surface area (Å²) < 4.78 is 8.37. The molecule has 0 aliphatic carbocycles. The van der Waals surface area contributed by atoms with Crippen molar-refractivity contribution in [2.75, 3.05) is 13.7 Å². The van der Waals surface area contributed by atoms with Crippen molar-refractivity contribution < 1.29 is 9.53 Å². The van der Waals surface area contributed by atoms with Crippen LogP contribution >= 0.6 is 11.3 Å². The van der Waals surface area contributed by atoms with E-state index in [1.165, 1.54) is 0 Å². The third kappa shape index (κ3) is 3.41. The van der Waals surface area contributed by atoms with Gasteiger partial charge in [0.15, 0.2) is 4.80 Å². The summed E-state index contributed by atoms with van der Waals surface area (Å²) in [6, 6.07) is 8.11. The monoisotopic (exact) mass is 306 g/mol. The second-order valence-electron chi connectivity index (χ2n) is 5.65. The number of benzene rings is 1. The van der Waals surface area contributed by atoms with E-state index in [0.29, 0.717) is 13.2 Å². The molecule has 2 rings (SSSR count). The second kappa shape index (κ2) is 6.54. The number of amides is 1. The number of carbonyl (C=O) groups is 1. The average molecular weight is 306 g/mol. The molecule has 0 radical (unpaired) electrons. The van der Waals surface area contributed by atoms with Crippen molar-refractivity contribution in [2.24, 2.45) is 10.4 Å². The summed E-state index contributed by atoms with van der Waals surface area (Å²) in [6.45, 7) is 7.17. The molecule has 0 N–H and O–H groups in total. The van der Waals surface area contributed by atoms with Gasteiger partial charge in [0.2, 0.25) is 0 Å². The molecule has 0 saturated heterocycles. The van der Waals surface area contributed by atoms with E-state index in [2.05, 4.69) is 21.7 Å². The van der Waals surface area contributed by atoms with Crippen LogP contribution in [0.25, 0.3) is 10.2 Å². The molecule has 0 spiro atoms. The first-order chi connectivity index (χ1) is 9.99. The van der Waals surface area contributed by atoms with Gasteiger partial charge >= 0.3 is 0 Å². The lowest BCUT2D eigenvalue weighted by Crippen LogP contribution is -2.26. The number of hydrogen-bond donors (Lipinski definition) is 0. The third-order valence-corrected chi connectivity index (χ3v) is 4.83. The van der Waals surface area contributed by atoms with Gasteiger partial charge in [-0.05, 0) is 18.6 Å². The van der Waals surface area contributed by atoms with Crippen molar-refractivity contribution in [3.63, 3.8) is 0 Å². The van der Waals surface area contributed by atoms with Crippen LogP contribution in [0.3, 0.4) is 0 Å². The molecule has 2 aromatic rings. The van der Waals surface area contributed by atoms with Gasteiger partial charge in [-0.1, -0.05) is 44.2 Å². The highest BCUT2D eigenvalue weighted by Crippen LogP contribution is 2.22. The van der Waals surface area contributed by atoms with Gasteiger partial charge in [0, 0.05) is 19.1 Å². The van der Waals surface area contributed by atoms with Crippen LogP contribution < -0.4 is 4.80 Å². The number of hydrogen-bond acceptors (Lipinski definition) is 3. The van der Waals surface area contributed by atoms with Gasteiger partial charge < -0.3 is 9.30 Å². The molecule has 1 aromatic heterocycles. The van der Waals surface area contributed by atoms with Gasteiger partial charge in [-0.15, -0.1) is 0 Å². The third-order valence-electron chi connectivity index (χ3n) is 3.77. The van der Waals surface area contributed by atoms with Crippen molar-refractivity contribution >= 4 is 27.5 Å².